The first kappa shape index (κ1) is 7.70. The third-order valence-corrected chi connectivity index (χ3v) is 1.55. The molecule has 0 saturated heterocycles. The van der Waals surface area contributed by atoms with Gasteiger partial charge in [-0.05, 0) is 13.3 Å². The Bertz CT molecular complexity index is 134. The Morgan fingerprint density at radius 1 is 1.62 bits per heavy atom. The summed E-state index contributed by atoms with van der Waals surface area (Å²) in [5, 5.41) is 8.08. The number of aliphatic carboxylic acids is 1. The molecular formula is C4H9O3P. The standard InChI is InChI=1S/C4H9O3P/c1-8(2,7)3-4(5)6/h3H2,1-2H3,(H,5,6). The zero-order chi connectivity index (χ0) is 6.78. The molecule has 0 atom stereocenters. The quantitative estimate of drug-likeness (QED) is 0.568. The fraction of sp³-hybridized carbons (Fsp3) is 0.750. The van der Waals surface area contributed by atoms with E-state index in [0.29, 0.717) is 0 Å². The molecular weight excluding hydrogens is 127 g/mol. The highest BCUT2D eigenvalue weighted by Crippen LogP contribution is 2.34. The van der Waals surface area contributed by atoms with Crippen LogP contribution in [0.15, 0.2) is 0 Å². The summed E-state index contributed by atoms with van der Waals surface area (Å²) in [5.74, 6) is -0.988. The van der Waals surface area contributed by atoms with Gasteiger partial charge in [-0.25, -0.2) is 0 Å². The minimum Gasteiger partial charge on any atom is -0.481 e. The Morgan fingerprint density at radius 3 is 2.00 bits per heavy atom. The summed E-state index contributed by atoms with van der Waals surface area (Å²) >= 11 is 0. The zero-order valence-corrected chi connectivity index (χ0v) is 5.81. The summed E-state index contributed by atoms with van der Waals surface area (Å²) in [5.41, 5.74) is 0. The van der Waals surface area contributed by atoms with Gasteiger partial charge in [0.1, 0.15) is 0 Å². The lowest BCUT2D eigenvalue weighted by Gasteiger charge is -1.98. The largest absolute Gasteiger partial charge is 0.481 e. The Hall–Kier alpha value is -0.300. The van der Waals surface area contributed by atoms with Gasteiger partial charge in [0.15, 0.2) is 0 Å². The molecule has 0 aromatic rings. The van der Waals surface area contributed by atoms with Crippen LogP contribution < -0.4 is 0 Å². The van der Waals surface area contributed by atoms with Crippen LogP contribution in [-0.4, -0.2) is 30.6 Å². The highest BCUT2D eigenvalue weighted by atomic mass is 31.2. The van der Waals surface area contributed by atoms with Gasteiger partial charge in [-0.3, -0.25) is 4.79 Å². The van der Waals surface area contributed by atoms with E-state index in [2.05, 4.69) is 0 Å². The zero-order valence-electron chi connectivity index (χ0n) is 4.92. The molecule has 0 radical (unpaired) electrons. The minimum absolute atomic E-state index is 0.201. The second kappa shape index (κ2) is 2.31. The van der Waals surface area contributed by atoms with Gasteiger partial charge in [0.05, 0.1) is 13.3 Å². The predicted molar refractivity (Wildman–Crippen MR) is 32.0 cm³/mol. The van der Waals surface area contributed by atoms with Crippen molar-refractivity contribution < 1.29 is 14.5 Å². The van der Waals surface area contributed by atoms with E-state index in [1.165, 1.54) is 13.3 Å². The second-order valence-electron chi connectivity index (χ2n) is 2.13. The van der Waals surface area contributed by atoms with Crippen LogP contribution in [0.25, 0.3) is 0 Å². The van der Waals surface area contributed by atoms with E-state index in [9.17, 15) is 9.36 Å². The molecule has 8 heavy (non-hydrogen) atoms. The fourth-order valence-corrected chi connectivity index (χ4v) is 0.977. The lowest BCUT2D eigenvalue weighted by Crippen LogP contribution is -2.01. The van der Waals surface area contributed by atoms with Crippen molar-refractivity contribution in [3.05, 3.63) is 0 Å². The summed E-state index contributed by atoms with van der Waals surface area (Å²) in [6.07, 6.45) is -0.201. The van der Waals surface area contributed by atoms with Gasteiger partial charge in [-0.1, -0.05) is 0 Å². The first-order chi connectivity index (χ1) is 3.42. The van der Waals surface area contributed by atoms with Crippen LogP contribution in [0.1, 0.15) is 0 Å². The molecule has 0 aromatic heterocycles. The van der Waals surface area contributed by atoms with Gasteiger partial charge in [-0.2, -0.15) is 0 Å². The average molecular weight is 136 g/mol. The number of carboxylic acids is 1. The summed E-state index contributed by atoms with van der Waals surface area (Å²) < 4.78 is 10.6. The molecule has 0 heterocycles. The monoisotopic (exact) mass is 136 g/mol. The van der Waals surface area contributed by atoms with E-state index < -0.39 is 13.1 Å². The number of rotatable bonds is 2. The molecule has 0 rings (SSSR count). The predicted octanol–water partition coefficient (Wildman–Crippen LogP) is 0.694. The normalized spacial score (nSPS) is 11.2. The first-order valence-corrected chi connectivity index (χ1v) is 4.96. The van der Waals surface area contributed by atoms with Gasteiger partial charge in [-0.15, -0.1) is 0 Å². The van der Waals surface area contributed by atoms with Crippen molar-refractivity contribution in [2.75, 3.05) is 19.5 Å². The first-order valence-electron chi connectivity index (χ1n) is 2.17. The number of hydrogen-bond acceptors (Lipinski definition) is 2. The molecule has 0 aliphatic carbocycles. The third kappa shape index (κ3) is 5.70. The third-order valence-electron chi connectivity index (χ3n) is 0.516. The van der Waals surface area contributed by atoms with E-state index in [4.69, 9.17) is 5.11 Å². The van der Waals surface area contributed by atoms with Crippen LogP contribution >= 0.6 is 7.14 Å². The van der Waals surface area contributed by atoms with Gasteiger partial charge in [0.25, 0.3) is 0 Å². The molecule has 1 N–H and O–H groups in total. The minimum atomic E-state index is -2.32. The maximum atomic E-state index is 10.6. The van der Waals surface area contributed by atoms with Crippen LogP contribution in [0.5, 0.6) is 0 Å². The fourth-order valence-electron chi connectivity index (χ4n) is 0.326. The van der Waals surface area contributed by atoms with E-state index in [-0.39, 0.29) is 6.16 Å². The topological polar surface area (TPSA) is 54.4 Å². The second-order valence-corrected chi connectivity index (χ2v) is 5.59. The molecule has 0 aliphatic heterocycles. The summed E-state index contributed by atoms with van der Waals surface area (Å²) in [6.45, 7) is 2.92. The van der Waals surface area contributed by atoms with E-state index in [1.807, 2.05) is 0 Å². The molecule has 3 nitrogen and oxygen atoms in total. The number of carbonyl (C=O) groups is 1. The highest BCUT2D eigenvalue weighted by molar-refractivity contribution is 7.63. The Kier molecular flexibility index (Phi) is 2.23. The van der Waals surface area contributed by atoms with Crippen LogP contribution in [0.2, 0.25) is 0 Å². The van der Waals surface area contributed by atoms with Gasteiger partial charge in [0.2, 0.25) is 0 Å². The van der Waals surface area contributed by atoms with Crippen LogP contribution in [0.3, 0.4) is 0 Å². The van der Waals surface area contributed by atoms with E-state index in [0.717, 1.165) is 0 Å². The molecule has 0 spiro atoms. The molecule has 0 saturated carbocycles. The Labute approximate surface area is 48.1 Å². The molecule has 0 amide bonds. The Morgan fingerprint density at radius 2 is 2.00 bits per heavy atom. The van der Waals surface area contributed by atoms with Crippen LogP contribution in [0.4, 0.5) is 0 Å². The highest BCUT2D eigenvalue weighted by Gasteiger charge is 2.11. The van der Waals surface area contributed by atoms with Crippen molar-refractivity contribution in [2.45, 2.75) is 0 Å². The van der Waals surface area contributed by atoms with Gasteiger partial charge in [0, 0.05) is 0 Å². The van der Waals surface area contributed by atoms with Gasteiger partial charge < -0.3 is 9.67 Å². The van der Waals surface area contributed by atoms with Gasteiger partial charge >= 0.3 is 5.97 Å². The molecule has 48 valence electrons. The van der Waals surface area contributed by atoms with Crippen molar-refractivity contribution >= 4 is 13.1 Å². The van der Waals surface area contributed by atoms with Crippen LogP contribution in [-0.2, 0) is 9.36 Å². The van der Waals surface area contributed by atoms with Crippen molar-refractivity contribution in [1.82, 2.24) is 0 Å². The maximum Gasteiger partial charge on any atom is 0.310 e. The summed E-state index contributed by atoms with van der Waals surface area (Å²) in [4.78, 5) is 9.84. The van der Waals surface area contributed by atoms with Crippen molar-refractivity contribution in [2.24, 2.45) is 0 Å². The number of carboxylic acid groups (broad SMARTS) is 1. The van der Waals surface area contributed by atoms with Crippen molar-refractivity contribution in [1.29, 1.82) is 0 Å². The Balaban J connectivity index is 3.74. The number of hydrogen-bond donors (Lipinski definition) is 1. The van der Waals surface area contributed by atoms with E-state index >= 15 is 0 Å². The van der Waals surface area contributed by atoms with E-state index in [1.54, 1.807) is 0 Å². The average Bonchev–Trinajstić information content (AvgIpc) is 1.21. The maximum absolute atomic E-state index is 10.6. The molecule has 0 aromatic carbocycles. The molecule has 0 fully saturated rings. The smallest absolute Gasteiger partial charge is 0.310 e. The van der Waals surface area contributed by atoms with Crippen molar-refractivity contribution in [3.63, 3.8) is 0 Å². The molecule has 0 bridgehead atoms. The summed E-state index contributed by atoms with van der Waals surface area (Å²) in [6, 6.07) is 0. The van der Waals surface area contributed by atoms with Crippen molar-refractivity contribution in [3.8, 4) is 0 Å². The molecule has 0 aliphatic rings. The lowest BCUT2D eigenvalue weighted by atomic mass is 10.8. The summed E-state index contributed by atoms with van der Waals surface area (Å²) in [7, 11) is -2.32. The van der Waals surface area contributed by atoms with Crippen LogP contribution in [0, 0.1) is 0 Å². The molecule has 4 heteroatoms. The SMILES string of the molecule is CP(C)(=O)CC(=O)O. The lowest BCUT2D eigenvalue weighted by molar-refractivity contribution is -0.134. The molecule has 0 unspecified atom stereocenters.